The van der Waals surface area contributed by atoms with Crippen molar-refractivity contribution in [3.63, 3.8) is 0 Å². The van der Waals surface area contributed by atoms with E-state index in [1.54, 1.807) is 18.2 Å². The molecular weight excluding hydrogens is 336 g/mol. The fourth-order valence-corrected chi connectivity index (χ4v) is 4.63. The molecule has 0 N–H and O–H groups in total. The van der Waals surface area contributed by atoms with Gasteiger partial charge in [0, 0.05) is 17.3 Å². The molecule has 0 spiro atoms. The SMILES string of the molecule is Cc1nc(SCC(=O)c2ccc3c(c2)OCO3)n(C2CCCC2)c1C. The molecule has 1 aromatic heterocycles. The first-order chi connectivity index (χ1) is 12.1. The van der Waals surface area contributed by atoms with Gasteiger partial charge in [-0.3, -0.25) is 4.79 Å². The number of rotatable bonds is 5. The monoisotopic (exact) mass is 358 g/mol. The van der Waals surface area contributed by atoms with Crippen LogP contribution in [0.25, 0.3) is 0 Å². The Morgan fingerprint density at radius 2 is 2.00 bits per heavy atom. The lowest BCUT2D eigenvalue weighted by Gasteiger charge is -2.16. The summed E-state index contributed by atoms with van der Waals surface area (Å²) >= 11 is 1.54. The molecule has 6 heteroatoms. The normalized spacial score (nSPS) is 16.6. The van der Waals surface area contributed by atoms with Crippen LogP contribution in [0.3, 0.4) is 0 Å². The van der Waals surface area contributed by atoms with Crippen LogP contribution in [0.15, 0.2) is 23.4 Å². The van der Waals surface area contributed by atoms with Gasteiger partial charge in [0.25, 0.3) is 0 Å². The van der Waals surface area contributed by atoms with Gasteiger partial charge in [-0.15, -0.1) is 0 Å². The molecule has 0 radical (unpaired) electrons. The summed E-state index contributed by atoms with van der Waals surface area (Å²) in [6.07, 6.45) is 4.98. The van der Waals surface area contributed by atoms with Crippen molar-refractivity contribution in [2.45, 2.75) is 50.7 Å². The van der Waals surface area contributed by atoms with Gasteiger partial charge in [-0.05, 0) is 44.9 Å². The Kier molecular flexibility index (Phi) is 4.46. The molecule has 25 heavy (non-hydrogen) atoms. The minimum Gasteiger partial charge on any atom is -0.454 e. The summed E-state index contributed by atoms with van der Waals surface area (Å²) in [6, 6.07) is 5.90. The number of ketones is 1. The van der Waals surface area contributed by atoms with Gasteiger partial charge in [-0.2, -0.15) is 0 Å². The van der Waals surface area contributed by atoms with E-state index in [0.717, 1.165) is 10.9 Å². The zero-order valence-corrected chi connectivity index (χ0v) is 15.4. The first-order valence-electron chi connectivity index (χ1n) is 8.74. The smallest absolute Gasteiger partial charge is 0.231 e. The molecule has 1 aromatic carbocycles. The van der Waals surface area contributed by atoms with Gasteiger partial charge >= 0.3 is 0 Å². The Bertz CT molecular complexity index is 809. The van der Waals surface area contributed by atoms with Gasteiger partial charge in [0.2, 0.25) is 6.79 Å². The maximum atomic E-state index is 12.6. The molecule has 0 amide bonds. The number of ether oxygens (including phenoxy) is 2. The quantitative estimate of drug-likeness (QED) is 0.588. The molecule has 0 unspecified atom stereocenters. The first-order valence-corrected chi connectivity index (χ1v) is 9.73. The lowest BCUT2D eigenvalue weighted by atomic mass is 10.1. The molecule has 132 valence electrons. The lowest BCUT2D eigenvalue weighted by Crippen LogP contribution is -2.10. The van der Waals surface area contributed by atoms with Crippen LogP contribution in [0.4, 0.5) is 0 Å². The molecule has 2 heterocycles. The minimum absolute atomic E-state index is 0.0829. The number of aryl methyl sites for hydroxylation is 1. The van der Waals surface area contributed by atoms with Gasteiger partial charge in [-0.25, -0.2) is 4.98 Å². The highest BCUT2D eigenvalue weighted by atomic mass is 32.2. The van der Waals surface area contributed by atoms with Crippen molar-refractivity contribution in [2.24, 2.45) is 0 Å². The fourth-order valence-electron chi connectivity index (χ4n) is 3.57. The molecule has 1 aliphatic heterocycles. The van der Waals surface area contributed by atoms with Gasteiger partial charge in [-0.1, -0.05) is 24.6 Å². The van der Waals surface area contributed by atoms with E-state index in [-0.39, 0.29) is 12.6 Å². The van der Waals surface area contributed by atoms with Crippen LogP contribution in [0.5, 0.6) is 11.5 Å². The third-order valence-electron chi connectivity index (χ3n) is 5.07. The van der Waals surface area contributed by atoms with E-state index in [1.807, 2.05) is 6.92 Å². The average molecular weight is 358 g/mol. The molecule has 0 saturated heterocycles. The highest BCUT2D eigenvalue weighted by Gasteiger charge is 2.24. The molecule has 2 aliphatic rings. The lowest BCUT2D eigenvalue weighted by molar-refractivity contribution is 0.102. The first kappa shape index (κ1) is 16.5. The van der Waals surface area contributed by atoms with E-state index in [9.17, 15) is 4.79 Å². The fraction of sp³-hybridized carbons (Fsp3) is 0.474. The standard InChI is InChI=1S/C19H22N2O3S/c1-12-13(2)21(15-5-3-4-6-15)19(20-12)25-10-16(22)14-7-8-17-18(9-14)24-11-23-17/h7-9,15H,3-6,10-11H2,1-2H3. The Hall–Kier alpha value is -1.95. The van der Waals surface area contributed by atoms with Crippen LogP contribution in [-0.4, -0.2) is 27.9 Å². The second-order valence-corrected chi connectivity index (χ2v) is 7.60. The summed E-state index contributed by atoms with van der Waals surface area (Å²) in [6.45, 7) is 4.40. The van der Waals surface area contributed by atoms with Gasteiger partial charge in [0.15, 0.2) is 22.4 Å². The zero-order chi connectivity index (χ0) is 17.4. The number of nitrogens with zero attached hydrogens (tertiary/aromatic N) is 2. The van der Waals surface area contributed by atoms with E-state index in [4.69, 9.17) is 14.5 Å². The predicted molar refractivity (Wildman–Crippen MR) is 96.8 cm³/mol. The Balaban J connectivity index is 1.49. The van der Waals surface area contributed by atoms with Crippen LogP contribution in [0.1, 0.15) is 53.5 Å². The van der Waals surface area contributed by atoms with Gasteiger partial charge in [0.1, 0.15) is 0 Å². The number of imidazole rings is 1. The molecule has 1 fully saturated rings. The van der Waals surface area contributed by atoms with Crippen molar-refractivity contribution < 1.29 is 14.3 Å². The third kappa shape index (κ3) is 3.15. The average Bonchev–Trinajstić information content (AvgIpc) is 3.33. The van der Waals surface area contributed by atoms with Crippen molar-refractivity contribution in [3.05, 3.63) is 35.2 Å². The van der Waals surface area contributed by atoms with Gasteiger partial charge < -0.3 is 14.0 Å². The summed E-state index contributed by atoms with van der Waals surface area (Å²) in [4.78, 5) is 17.3. The molecule has 0 bridgehead atoms. The summed E-state index contributed by atoms with van der Waals surface area (Å²) in [5.74, 6) is 1.81. The number of carbonyl (C=O) groups excluding carboxylic acids is 1. The van der Waals surface area contributed by atoms with Crippen molar-refractivity contribution >= 4 is 17.5 Å². The Labute approximate surface area is 151 Å². The number of fused-ring (bicyclic) bond motifs is 1. The largest absolute Gasteiger partial charge is 0.454 e. The van der Waals surface area contributed by atoms with E-state index < -0.39 is 0 Å². The highest BCUT2D eigenvalue weighted by molar-refractivity contribution is 7.99. The van der Waals surface area contributed by atoms with Crippen LogP contribution < -0.4 is 9.47 Å². The van der Waals surface area contributed by atoms with Crippen LogP contribution in [-0.2, 0) is 0 Å². The van der Waals surface area contributed by atoms with Crippen LogP contribution >= 0.6 is 11.8 Å². The third-order valence-corrected chi connectivity index (χ3v) is 6.02. The number of Topliss-reactive ketones (excluding diaryl/α,β-unsaturated/α-hetero) is 1. The number of carbonyl (C=O) groups is 1. The zero-order valence-electron chi connectivity index (χ0n) is 14.6. The van der Waals surface area contributed by atoms with Gasteiger partial charge in [0.05, 0.1) is 11.4 Å². The Morgan fingerprint density at radius 3 is 2.80 bits per heavy atom. The number of hydrogen-bond acceptors (Lipinski definition) is 5. The van der Waals surface area contributed by atoms with Crippen molar-refractivity contribution in [2.75, 3.05) is 12.5 Å². The summed E-state index contributed by atoms with van der Waals surface area (Å²) in [5, 5.41) is 0.969. The molecule has 1 aliphatic carbocycles. The van der Waals surface area contributed by atoms with Crippen LogP contribution in [0.2, 0.25) is 0 Å². The molecule has 5 nitrogen and oxygen atoms in total. The number of thioether (sulfide) groups is 1. The van der Waals surface area contributed by atoms with Crippen molar-refractivity contribution in [1.29, 1.82) is 0 Å². The second-order valence-electron chi connectivity index (χ2n) is 6.65. The summed E-state index contributed by atoms with van der Waals surface area (Å²) in [5.41, 5.74) is 2.94. The summed E-state index contributed by atoms with van der Waals surface area (Å²) < 4.78 is 13.0. The number of hydrogen-bond donors (Lipinski definition) is 0. The van der Waals surface area contributed by atoms with E-state index in [2.05, 4.69) is 11.5 Å². The maximum absolute atomic E-state index is 12.6. The molecule has 2 aromatic rings. The Morgan fingerprint density at radius 1 is 1.24 bits per heavy atom. The molecular formula is C19H22N2O3S. The predicted octanol–water partition coefficient (Wildman–Crippen LogP) is 4.32. The van der Waals surface area contributed by atoms with Crippen LogP contribution in [0, 0.1) is 13.8 Å². The van der Waals surface area contributed by atoms with E-state index in [0.29, 0.717) is 28.9 Å². The number of aromatic nitrogens is 2. The number of benzene rings is 1. The topological polar surface area (TPSA) is 53.4 Å². The molecule has 0 atom stereocenters. The van der Waals surface area contributed by atoms with E-state index >= 15 is 0 Å². The minimum atomic E-state index is 0.0829. The summed E-state index contributed by atoms with van der Waals surface area (Å²) in [7, 11) is 0. The molecule has 1 saturated carbocycles. The maximum Gasteiger partial charge on any atom is 0.231 e. The van der Waals surface area contributed by atoms with E-state index in [1.165, 1.54) is 43.1 Å². The highest BCUT2D eigenvalue weighted by Crippen LogP contribution is 2.36. The second kappa shape index (κ2) is 6.75. The molecule has 4 rings (SSSR count). The van der Waals surface area contributed by atoms with Crippen molar-refractivity contribution in [3.8, 4) is 11.5 Å². The van der Waals surface area contributed by atoms with Crippen molar-refractivity contribution in [1.82, 2.24) is 9.55 Å².